The Labute approximate surface area is 407 Å². The van der Waals surface area contributed by atoms with Crippen LogP contribution in [0.2, 0.25) is 0 Å². The predicted molar refractivity (Wildman–Crippen MR) is 260 cm³/mol. The van der Waals surface area contributed by atoms with Gasteiger partial charge in [-0.3, -0.25) is 0 Å². The third-order valence-corrected chi connectivity index (χ3v) is 8.38. The molecule has 0 saturated carbocycles. The van der Waals surface area contributed by atoms with Crippen molar-refractivity contribution in [3.05, 3.63) is 0 Å². The molecule has 0 heterocycles. The van der Waals surface area contributed by atoms with E-state index in [0.717, 1.165) is 25.7 Å². The van der Waals surface area contributed by atoms with Gasteiger partial charge in [-0.15, -0.1) is 0 Å². The van der Waals surface area contributed by atoms with Gasteiger partial charge in [0.15, 0.2) is 0 Å². The molecule has 0 aromatic carbocycles. The summed E-state index contributed by atoms with van der Waals surface area (Å²) in [5.41, 5.74) is 0. The topological polar surface area (TPSA) is 73.8 Å². The fraction of sp³-hybridized carbons (Fsp3) is 0.900. The molecule has 0 aromatic heterocycles. The second-order valence-corrected chi connectivity index (χ2v) is 17.1. The normalized spacial score (nSPS) is 9.89. The van der Waals surface area contributed by atoms with Crippen LogP contribution in [0.1, 0.15) is 207 Å². The molecule has 0 saturated heterocycles. The van der Waals surface area contributed by atoms with Crippen molar-refractivity contribution in [2.45, 2.75) is 207 Å². The summed E-state index contributed by atoms with van der Waals surface area (Å²) in [7, 11) is 0. The molecular formula is C40H76MoO8S8. The van der Waals surface area contributed by atoms with Crippen molar-refractivity contribution in [1.82, 2.24) is 0 Å². The molecule has 0 spiro atoms. The molecule has 0 aliphatic heterocycles. The van der Waals surface area contributed by atoms with Crippen LogP contribution in [0.5, 0.6) is 0 Å². The molecule has 0 aliphatic carbocycles. The molecule has 0 radical (unpaired) electrons. The standard InChI is InChI=1S/4C10H20O2S2.Mo/c4*1-2-3-4-5-6-7-8-9-11-12-10(13)14;/h4*2-9H2,1H3,(H,13,14);/q;;;;+4/p-4. The number of thiocarbonyl (C=S) groups is 4. The molecule has 0 N–H and O–H groups in total. The SMILES string of the molecule is CCCCCCCCCOOC(=S)[S-].CCCCCCCCCOOC(=S)[S-].CCCCCCCCCOOC(=S)[S-].CCCCCCCCCOOC(=S)[S-].[Mo+4]. The average Bonchev–Trinajstić information content (AvgIpc) is 3.15. The van der Waals surface area contributed by atoms with Crippen LogP contribution in [0.4, 0.5) is 0 Å². The summed E-state index contributed by atoms with van der Waals surface area (Å²) < 4.78 is 0.141. The van der Waals surface area contributed by atoms with E-state index < -0.39 is 0 Å². The van der Waals surface area contributed by atoms with E-state index in [1.54, 1.807) is 0 Å². The average molecular weight is 1040 g/mol. The first-order valence-corrected chi connectivity index (χ1v) is 24.4. The maximum Gasteiger partial charge on any atom is 4.00 e. The van der Waals surface area contributed by atoms with Gasteiger partial charge in [-0.25, -0.2) is 0 Å². The van der Waals surface area contributed by atoms with E-state index in [1.165, 1.54) is 154 Å². The summed E-state index contributed by atoms with van der Waals surface area (Å²) in [6.07, 6.45) is 35.3. The van der Waals surface area contributed by atoms with Gasteiger partial charge in [-0.2, -0.15) is 19.6 Å². The van der Waals surface area contributed by atoms with Crippen LogP contribution in [-0.4, -0.2) is 44.0 Å². The first-order valence-electron chi connectivity index (χ1n) is 21.1. The minimum absolute atomic E-state index is 0. The smallest absolute Gasteiger partial charge is 0.387 e. The van der Waals surface area contributed by atoms with Crippen molar-refractivity contribution in [3.63, 3.8) is 0 Å². The Hall–Kier alpha value is 0.968. The molecule has 0 unspecified atom stereocenters. The van der Waals surface area contributed by atoms with Crippen LogP contribution < -0.4 is 0 Å². The van der Waals surface area contributed by atoms with Gasteiger partial charge >= 0.3 is 21.1 Å². The Morgan fingerprint density at radius 2 is 0.421 bits per heavy atom. The van der Waals surface area contributed by atoms with Crippen LogP contribution in [0, 0.1) is 0 Å². The minimum Gasteiger partial charge on any atom is -0.387 e. The zero-order chi connectivity index (χ0) is 42.6. The summed E-state index contributed by atoms with van der Waals surface area (Å²) in [6, 6.07) is 0. The van der Waals surface area contributed by atoms with Gasteiger partial charge in [0.25, 0.3) is 0 Å². The van der Waals surface area contributed by atoms with Crippen LogP contribution in [0.15, 0.2) is 0 Å². The quantitative estimate of drug-likeness (QED) is 0.0149. The molecule has 0 aliphatic rings. The van der Waals surface area contributed by atoms with Crippen molar-refractivity contribution in [2.75, 3.05) is 26.4 Å². The van der Waals surface area contributed by atoms with Crippen LogP contribution in [0.3, 0.4) is 0 Å². The van der Waals surface area contributed by atoms with Gasteiger partial charge in [0.05, 0.1) is 44.0 Å². The third kappa shape index (κ3) is 85.1. The molecule has 0 rings (SSSR count). The van der Waals surface area contributed by atoms with Crippen molar-refractivity contribution >= 4 is 117 Å². The van der Waals surface area contributed by atoms with E-state index in [0.29, 0.717) is 26.4 Å². The Bertz CT molecular complexity index is 696. The first kappa shape index (κ1) is 67.1. The van der Waals surface area contributed by atoms with Crippen LogP contribution in [-0.2, 0) is 111 Å². The van der Waals surface area contributed by atoms with E-state index in [2.05, 4.69) is 147 Å². The van der Waals surface area contributed by atoms with E-state index in [-0.39, 0.29) is 38.6 Å². The molecule has 0 bridgehead atoms. The first-order chi connectivity index (χ1) is 27.1. The van der Waals surface area contributed by atoms with E-state index in [1.807, 2.05) is 0 Å². The van der Waals surface area contributed by atoms with Gasteiger partial charge in [0, 0.05) is 0 Å². The van der Waals surface area contributed by atoms with Crippen molar-refractivity contribution < 1.29 is 60.2 Å². The van der Waals surface area contributed by atoms with Crippen molar-refractivity contribution in [2.24, 2.45) is 0 Å². The third-order valence-electron chi connectivity index (χ3n) is 7.83. The maximum atomic E-state index is 4.78. The monoisotopic (exact) mass is 1040 g/mol. The molecule has 0 atom stereocenters. The summed E-state index contributed by atoms with van der Waals surface area (Å²) in [6.45, 7) is 11.3. The summed E-state index contributed by atoms with van der Waals surface area (Å²) in [5, 5.41) is 0. The zero-order valence-electron chi connectivity index (χ0n) is 35.6. The van der Waals surface area contributed by atoms with Gasteiger partial charge in [-0.1, -0.05) is 182 Å². The second kappa shape index (κ2) is 63.6. The van der Waals surface area contributed by atoms with Gasteiger partial charge in [0.2, 0.25) is 0 Å². The van der Waals surface area contributed by atoms with E-state index in [9.17, 15) is 0 Å². The molecule has 17 heteroatoms. The molecule has 0 fully saturated rings. The Morgan fingerprint density at radius 1 is 0.281 bits per heavy atom. The van der Waals surface area contributed by atoms with Crippen molar-refractivity contribution in [1.29, 1.82) is 0 Å². The number of hydrogen-bond donors (Lipinski definition) is 0. The van der Waals surface area contributed by atoms with E-state index in [4.69, 9.17) is 19.6 Å². The molecule has 338 valence electrons. The molecule has 57 heavy (non-hydrogen) atoms. The Kier molecular flexibility index (Phi) is 74.8. The van der Waals surface area contributed by atoms with Gasteiger partial charge < -0.3 is 119 Å². The van der Waals surface area contributed by atoms with Crippen LogP contribution in [0.25, 0.3) is 0 Å². The maximum absolute atomic E-state index is 4.78. The van der Waals surface area contributed by atoms with Gasteiger partial charge in [0.1, 0.15) is 0 Å². The van der Waals surface area contributed by atoms with Crippen molar-refractivity contribution in [3.8, 4) is 0 Å². The summed E-state index contributed by atoms with van der Waals surface area (Å²) >= 11 is 36.1. The number of rotatable bonds is 36. The Morgan fingerprint density at radius 3 is 0.561 bits per heavy atom. The Balaban J connectivity index is -0.000000210. The molecular weight excluding hydrogens is 961 g/mol. The zero-order valence-corrected chi connectivity index (χ0v) is 44.1. The largest absolute Gasteiger partial charge is 4.00 e. The van der Waals surface area contributed by atoms with Crippen LogP contribution >= 0.6 is 48.9 Å². The summed E-state index contributed by atoms with van der Waals surface area (Å²) in [5.74, 6) is 0. The fourth-order valence-corrected chi connectivity index (χ4v) is 5.22. The van der Waals surface area contributed by atoms with E-state index >= 15 is 0 Å². The fourth-order valence-electron chi connectivity index (χ4n) is 4.83. The minimum atomic E-state index is 0. The predicted octanol–water partition coefficient (Wildman–Crippen LogP) is 14.1. The number of unbranched alkanes of at least 4 members (excludes halogenated alkanes) is 24. The molecule has 8 nitrogen and oxygen atoms in total. The van der Waals surface area contributed by atoms with Gasteiger partial charge in [-0.05, 0) is 25.7 Å². The second-order valence-electron chi connectivity index (χ2n) is 13.1. The number of hydrogen-bond acceptors (Lipinski definition) is 16. The summed E-state index contributed by atoms with van der Waals surface area (Å²) in [4.78, 5) is 37.2. The molecule has 0 amide bonds. The molecule has 0 aromatic rings.